The van der Waals surface area contributed by atoms with E-state index >= 15 is 0 Å². The average molecular weight is 337 g/mol. The molecule has 1 aromatic rings. The van der Waals surface area contributed by atoms with E-state index in [9.17, 15) is 14.0 Å². The van der Waals surface area contributed by atoms with E-state index < -0.39 is 12.1 Å². The van der Waals surface area contributed by atoms with Crippen molar-refractivity contribution in [3.8, 4) is 0 Å². The molecule has 1 aromatic carbocycles. The molecule has 2 rings (SSSR count). The third kappa shape index (κ3) is 5.01. The predicted molar refractivity (Wildman–Crippen MR) is 87.9 cm³/mol. The summed E-state index contributed by atoms with van der Waals surface area (Å²) in [7, 11) is 0. The molecule has 0 aliphatic carbocycles. The van der Waals surface area contributed by atoms with Gasteiger partial charge >= 0.3 is 6.03 Å². The molecule has 6 nitrogen and oxygen atoms in total. The summed E-state index contributed by atoms with van der Waals surface area (Å²) in [5.41, 5.74) is 0.741. The maximum atomic E-state index is 13.4. The van der Waals surface area contributed by atoms with Crippen molar-refractivity contribution in [2.75, 3.05) is 19.7 Å². The number of ether oxygens (including phenoxy) is 1. The standard InChI is InChI=1S/C17H24FN3O3/c1-11(2)19-17(23)20-16(22)12(3)21-7-8-24-15(10-21)13-5-4-6-14(18)9-13/h4-6,9,11-12,15H,7-8,10H2,1-3H3,(H2,19,20,22,23). The lowest BCUT2D eigenvalue weighted by Crippen LogP contribution is -2.53. The summed E-state index contributed by atoms with van der Waals surface area (Å²) < 4.78 is 19.1. The lowest BCUT2D eigenvalue weighted by atomic mass is 10.1. The Labute approximate surface area is 141 Å². The van der Waals surface area contributed by atoms with Crippen LogP contribution in [-0.4, -0.2) is 48.6 Å². The number of carbonyl (C=O) groups excluding carboxylic acids is 2. The summed E-state index contributed by atoms with van der Waals surface area (Å²) in [6, 6.07) is 5.23. The van der Waals surface area contributed by atoms with Gasteiger partial charge in [-0.15, -0.1) is 0 Å². The number of morpholine rings is 1. The molecular formula is C17H24FN3O3. The second kappa shape index (κ2) is 8.21. The van der Waals surface area contributed by atoms with Gasteiger partial charge in [-0.3, -0.25) is 15.0 Å². The summed E-state index contributed by atoms with van der Waals surface area (Å²) in [6.45, 7) is 6.86. The number of benzene rings is 1. The Balaban J connectivity index is 1.95. The van der Waals surface area contributed by atoms with Gasteiger partial charge in [0, 0.05) is 19.1 Å². The molecule has 0 bridgehead atoms. The lowest BCUT2D eigenvalue weighted by Gasteiger charge is -2.36. The summed E-state index contributed by atoms with van der Waals surface area (Å²) in [6.07, 6.45) is -0.297. The minimum atomic E-state index is -0.503. The van der Waals surface area contributed by atoms with E-state index in [4.69, 9.17) is 4.74 Å². The fourth-order valence-corrected chi connectivity index (χ4v) is 2.61. The SMILES string of the molecule is CC(C)NC(=O)NC(=O)C(C)N1CCOC(c2cccc(F)c2)C1. The average Bonchev–Trinajstić information content (AvgIpc) is 2.53. The number of halogens is 1. The van der Waals surface area contributed by atoms with Gasteiger partial charge in [-0.1, -0.05) is 12.1 Å². The maximum absolute atomic E-state index is 13.4. The minimum absolute atomic E-state index is 0.0474. The fraction of sp³-hybridized carbons (Fsp3) is 0.529. The Hall–Kier alpha value is -1.99. The molecule has 2 N–H and O–H groups in total. The minimum Gasteiger partial charge on any atom is -0.371 e. The number of nitrogens with one attached hydrogen (secondary N) is 2. The van der Waals surface area contributed by atoms with Gasteiger partial charge in [0.25, 0.3) is 0 Å². The van der Waals surface area contributed by atoms with Gasteiger partial charge in [-0.05, 0) is 38.5 Å². The first-order chi connectivity index (χ1) is 11.4. The van der Waals surface area contributed by atoms with Crippen LogP contribution in [0.2, 0.25) is 0 Å². The number of hydrogen-bond donors (Lipinski definition) is 2. The Bertz CT molecular complexity index is 594. The van der Waals surface area contributed by atoms with Crippen molar-refractivity contribution in [1.29, 1.82) is 0 Å². The van der Waals surface area contributed by atoms with Gasteiger partial charge in [0.05, 0.1) is 18.8 Å². The van der Waals surface area contributed by atoms with E-state index in [1.807, 2.05) is 18.7 Å². The summed E-state index contributed by atoms with van der Waals surface area (Å²) >= 11 is 0. The Kier molecular flexibility index (Phi) is 6.28. The fourth-order valence-electron chi connectivity index (χ4n) is 2.61. The molecule has 1 fully saturated rings. The van der Waals surface area contributed by atoms with Crippen molar-refractivity contribution >= 4 is 11.9 Å². The van der Waals surface area contributed by atoms with Crippen LogP contribution in [0.25, 0.3) is 0 Å². The highest BCUT2D eigenvalue weighted by Gasteiger charge is 2.29. The monoisotopic (exact) mass is 337 g/mol. The highest BCUT2D eigenvalue weighted by atomic mass is 19.1. The zero-order valence-corrected chi connectivity index (χ0v) is 14.2. The molecule has 3 amide bonds. The molecule has 0 aromatic heterocycles. The van der Waals surface area contributed by atoms with Crippen molar-refractivity contribution in [2.24, 2.45) is 0 Å². The number of urea groups is 1. The first kappa shape index (κ1) is 18.4. The van der Waals surface area contributed by atoms with Crippen molar-refractivity contribution in [2.45, 2.75) is 39.0 Å². The van der Waals surface area contributed by atoms with Crippen LogP contribution in [0, 0.1) is 5.82 Å². The predicted octanol–water partition coefficient (Wildman–Crippen LogP) is 1.82. The van der Waals surface area contributed by atoms with Crippen LogP contribution < -0.4 is 10.6 Å². The van der Waals surface area contributed by atoms with Crippen molar-refractivity contribution in [1.82, 2.24) is 15.5 Å². The summed E-state index contributed by atoms with van der Waals surface area (Å²) in [4.78, 5) is 25.8. The molecule has 2 atom stereocenters. The highest BCUT2D eigenvalue weighted by Crippen LogP contribution is 2.23. The third-order valence-electron chi connectivity index (χ3n) is 3.90. The molecule has 24 heavy (non-hydrogen) atoms. The zero-order chi connectivity index (χ0) is 17.7. The van der Waals surface area contributed by atoms with Crippen molar-refractivity contribution in [3.63, 3.8) is 0 Å². The van der Waals surface area contributed by atoms with Crippen molar-refractivity contribution in [3.05, 3.63) is 35.6 Å². The number of nitrogens with zero attached hydrogens (tertiary/aromatic N) is 1. The van der Waals surface area contributed by atoms with Gasteiger partial charge < -0.3 is 10.1 Å². The zero-order valence-electron chi connectivity index (χ0n) is 14.2. The van der Waals surface area contributed by atoms with E-state index in [2.05, 4.69) is 10.6 Å². The number of amides is 3. The first-order valence-corrected chi connectivity index (χ1v) is 8.09. The normalized spacial score (nSPS) is 19.8. The molecule has 0 saturated carbocycles. The first-order valence-electron chi connectivity index (χ1n) is 8.09. The van der Waals surface area contributed by atoms with E-state index in [1.165, 1.54) is 12.1 Å². The van der Waals surface area contributed by atoms with Gasteiger partial charge in [-0.25, -0.2) is 9.18 Å². The van der Waals surface area contributed by atoms with Crippen LogP contribution in [0.1, 0.15) is 32.4 Å². The molecule has 7 heteroatoms. The van der Waals surface area contributed by atoms with Crippen LogP contribution in [0.15, 0.2) is 24.3 Å². The molecule has 2 unspecified atom stereocenters. The molecule has 1 aliphatic rings. The summed E-state index contributed by atoms with van der Waals surface area (Å²) in [5.74, 6) is -0.683. The maximum Gasteiger partial charge on any atom is 0.321 e. The molecule has 1 aliphatic heterocycles. The molecule has 0 spiro atoms. The Morgan fingerprint density at radius 1 is 1.33 bits per heavy atom. The molecular weight excluding hydrogens is 313 g/mol. The number of rotatable bonds is 4. The van der Waals surface area contributed by atoms with E-state index in [-0.39, 0.29) is 23.9 Å². The van der Waals surface area contributed by atoms with E-state index in [0.29, 0.717) is 19.7 Å². The van der Waals surface area contributed by atoms with Gasteiger partial charge in [0.2, 0.25) is 5.91 Å². The topological polar surface area (TPSA) is 70.7 Å². The van der Waals surface area contributed by atoms with Crippen LogP contribution in [0.4, 0.5) is 9.18 Å². The quantitative estimate of drug-likeness (QED) is 0.879. The second-order valence-corrected chi connectivity index (χ2v) is 6.20. The van der Waals surface area contributed by atoms with Gasteiger partial charge in [0.15, 0.2) is 0 Å². The van der Waals surface area contributed by atoms with Crippen LogP contribution >= 0.6 is 0 Å². The number of carbonyl (C=O) groups is 2. The van der Waals surface area contributed by atoms with E-state index in [0.717, 1.165) is 5.56 Å². The van der Waals surface area contributed by atoms with Crippen LogP contribution in [0.5, 0.6) is 0 Å². The Morgan fingerprint density at radius 3 is 2.75 bits per heavy atom. The molecule has 0 radical (unpaired) electrons. The van der Waals surface area contributed by atoms with Crippen LogP contribution in [0.3, 0.4) is 0 Å². The Morgan fingerprint density at radius 2 is 2.08 bits per heavy atom. The molecule has 1 heterocycles. The smallest absolute Gasteiger partial charge is 0.321 e. The summed E-state index contributed by atoms with van der Waals surface area (Å²) in [5, 5.41) is 4.96. The molecule has 132 valence electrons. The van der Waals surface area contributed by atoms with Gasteiger partial charge in [0.1, 0.15) is 5.82 Å². The number of imide groups is 1. The second-order valence-electron chi connectivity index (χ2n) is 6.20. The van der Waals surface area contributed by atoms with E-state index in [1.54, 1.807) is 19.1 Å². The lowest BCUT2D eigenvalue weighted by molar-refractivity contribution is -0.128. The molecule has 1 saturated heterocycles. The third-order valence-corrected chi connectivity index (χ3v) is 3.90. The highest BCUT2D eigenvalue weighted by molar-refractivity contribution is 5.96. The number of hydrogen-bond acceptors (Lipinski definition) is 4. The largest absolute Gasteiger partial charge is 0.371 e. The van der Waals surface area contributed by atoms with Crippen LogP contribution in [-0.2, 0) is 9.53 Å². The van der Waals surface area contributed by atoms with Crippen molar-refractivity contribution < 1.29 is 18.7 Å². The van der Waals surface area contributed by atoms with Gasteiger partial charge in [-0.2, -0.15) is 0 Å².